The first kappa shape index (κ1) is 23.7. The van der Waals surface area contributed by atoms with Crippen LogP contribution in [0.5, 0.6) is 0 Å². The van der Waals surface area contributed by atoms with Crippen molar-refractivity contribution in [2.45, 2.75) is 38.1 Å². The highest BCUT2D eigenvalue weighted by Crippen LogP contribution is 2.23. The van der Waals surface area contributed by atoms with Crippen molar-refractivity contribution in [3.05, 3.63) is 42.0 Å². The van der Waals surface area contributed by atoms with Gasteiger partial charge in [0.05, 0.1) is 11.7 Å². The molecule has 1 aliphatic heterocycles. The third-order valence-corrected chi connectivity index (χ3v) is 6.12. The second-order valence-electron chi connectivity index (χ2n) is 7.78. The predicted molar refractivity (Wildman–Crippen MR) is 126 cm³/mol. The maximum absolute atomic E-state index is 12.3. The molecule has 2 heterocycles. The first-order chi connectivity index (χ1) is 15.5. The van der Waals surface area contributed by atoms with E-state index in [1.165, 1.54) is 18.7 Å². The molecule has 1 aromatic heterocycles. The lowest BCUT2D eigenvalue weighted by Crippen LogP contribution is -2.43. The predicted octanol–water partition coefficient (Wildman–Crippen LogP) is 3.15. The number of hydrogen-bond acceptors (Lipinski definition) is 7. The highest BCUT2D eigenvalue weighted by atomic mass is 32.2. The van der Waals surface area contributed by atoms with Gasteiger partial charge in [0.2, 0.25) is 11.8 Å². The molecule has 9 heteroatoms. The quantitative estimate of drug-likeness (QED) is 0.442. The summed E-state index contributed by atoms with van der Waals surface area (Å²) in [5.41, 5.74) is 1.15. The second-order valence-corrected chi connectivity index (χ2v) is 8.78. The Morgan fingerprint density at radius 1 is 1.19 bits per heavy atom. The Bertz CT molecular complexity index is 951. The summed E-state index contributed by atoms with van der Waals surface area (Å²) in [6.07, 6.45) is 2.75. The topological polar surface area (TPSA) is 104 Å². The summed E-state index contributed by atoms with van der Waals surface area (Å²) < 4.78 is 0. The molecule has 0 spiro atoms. The van der Waals surface area contributed by atoms with Gasteiger partial charge in [0.15, 0.2) is 11.6 Å². The number of Topliss-reactive ketones (excluding diaryl/α,β-unsaturated/α-hetero) is 1. The lowest BCUT2D eigenvalue weighted by molar-refractivity contribution is -0.125. The molecule has 1 fully saturated rings. The van der Waals surface area contributed by atoms with Gasteiger partial charge in [-0.05, 0) is 50.5 Å². The standard InChI is InChI=1S/C23H29N5O3S/c1-3-11-24-23(31)18-7-5-12-28(14-18)20-9-10-22(27-26-20)32-15-21(30)25-19-8-4-6-17(13-19)16(2)29/h4,6,8-10,13,18H,3,5,7,11-12,14-15H2,1-2H3,(H,24,31)(H,25,30)/t18-/m0/s1. The zero-order chi connectivity index (χ0) is 22.9. The maximum atomic E-state index is 12.3. The van der Waals surface area contributed by atoms with Gasteiger partial charge in [-0.1, -0.05) is 30.8 Å². The van der Waals surface area contributed by atoms with Crippen molar-refractivity contribution in [3.8, 4) is 0 Å². The van der Waals surface area contributed by atoms with Crippen LogP contribution < -0.4 is 15.5 Å². The number of thioether (sulfide) groups is 1. The molecule has 2 amide bonds. The monoisotopic (exact) mass is 455 g/mol. The van der Waals surface area contributed by atoms with E-state index < -0.39 is 0 Å². The van der Waals surface area contributed by atoms with Crippen LogP contribution in [0.25, 0.3) is 0 Å². The molecule has 170 valence electrons. The number of hydrogen-bond donors (Lipinski definition) is 2. The van der Waals surface area contributed by atoms with Crippen LogP contribution >= 0.6 is 11.8 Å². The normalized spacial score (nSPS) is 15.8. The summed E-state index contributed by atoms with van der Waals surface area (Å²) >= 11 is 1.29. The summed E-state index contributed by atoms with van der Waals surface area (Å²) in [7, 11) is 0. The van der Waals surface area contributed by atoms with Gasteiger partial charge >= 0.3 is 0 Å². The maximum Gasteiger partial charge on any atom is 0.234 e. The first-order valence-corrected chi connectivity index (χ1v) is 11.8. The van der Waals surface area contributed by atoms with Gasteiger partial charge < -0.3 is 15.5 Å². The number of benzene rings is 1. The molecule has 32 heavy (non-hydrogen) atoms. The Balaban J connectivity index is 1.50. The molecule has 1 saturated heterocycles. The molecular weight excluding hydrogens is 426 g/mol. The smallest absolute Gasteiger partial charge is 0.234 e. The van der Waals surface area contributed by atoms with E-state index in [1.54, 1.807) is 24.3 Å². The Labute approximate surface area is 192 Å². The molecule has 1 atom stereocenters. The molecule has 0 saturated carbocycles. The van der Waals surface area contributed by atoms with Crippen molar-refractivity contribution in [1.82, 2.24) is 15.5 Å². The molecule has 2 aromatic rings. The van der Waals surface area contributed by atoms with Crippen molar-refractivity contribution < 1.29 is 14.4 Å². The number of ketones is 1. The number of anilines is 2. The lowest BCUT2D eigenvalue weighted by atomic mass is 9.97. The van der Waals surface area contributed by atoms with E-state index in [1.807, 2.05) is 19.1 Å². The van der Waals surface area contributed by atoms with E-state index in [0.717, 1.165) is 31.6 Å². The number of carbonyl (C=O) groups excluding carboxylic acids is 3. The number of amides is 2. The van der Waals surface area contributed by atoms with Crippen molar-refractivity contribution in [1.29, 1.82) is 0 Å². The molecule has 1 aliphatic rings. The summed E-state index contributed by atoms with van der Waals surface area (Å²) in [5.74, 6) is 0.772. The number of piperidine rings is 1. The van der Waals surface area contributed by atoms with Gasteiger partial charge in [0.25, 0.3) is 0 Å². The minimum Gasteiger partial charge on any atom is -0.356 e. The average molecular weight is 456 g/mol. The van der Waals surface area contributed by atoms with Gasteiger partial charge in [-0.25, -0.2) is 0 Å². The zero-order valence-electron chi connectivity index (χ0n) is 18.5. The van der Waals surface area contributed by atoms with E-state index in [0.29, 0.717) is 29.4 Å². The Kier molecular flexibility index (Phi) is 8.61. The number of aromatic nitrogens is 2. The minimum atomic E-state index is -0.182. The van der Waals surface area contributed by atoms with E-state index in [9.17, 15) is 14.4 Å². The van der Waals surface area contributed by atoms with Crippen molar-refractivity contribution in [2.75, 3.05) is 35.6 Å². The van der Waals surface area contributed by atoms with E-state index in [4.69, 9.17) is 0 Å². The average Bonchev–Trinajstić information content (AvgIpc) is 2.81. The number of carbonyl (C=O) groups is 3. The molecule has 0 bridgehead atoms. The van der Waals surface area contributed by atoms with Crippen LogP contribution in [0.4, 0.5) is 11.5 Å². The van der Waals surface area contributed by atoms with Gasteiger partial charge in [0, 0.05) is 30.9 Å². The fourth-order valence-corrected chi connectivity index (χ4v) is 4.12. The molecule has 0 unspecified atom stereocenters. The fourth-order valence-electron chi connectivity index (χ4n) is 3.50. The highest BCUT2D eigenvalue weighted by molar-refractivity contribution is 7.99. The first-order valence-electron chi connectivity index (χ1n) is 10.9. The van der Waals surface area contributed by atoms with Gasteiger partial charge in [-0.15, -0.1) is 10.2 Å². The van der Waals surface area contributed by atoms with Crippen LogP contribution in [-0.4, -0.2) is 53.2 Å². The second kappa shape index (κ2) is 11.6. The van der Waals surface area contributed by atoms with Crippen LogP contribution in [0.15, 0.2) is 41.4 Å². The number of nitrogens with one attached hydrogen (secondary N) is 2. The van der Waals surface area contributed by atoms with Crippen LogP contribution in [-0.2, 0) is 9.59 Å². The Morgan fingerprint density at radius 2 is 2.03 bits per heavy atom. The highest BCUT2D eigenvalue weighted by Gasteiger charge is 2.26. The molecule has 1 aromatic carbocycles. The van der Waals surface area contributed by atoms with Crippen LogP contribution in [0.3, 0.4) is 0 Å². The number of rotatable bonds is 9. The largest absolute Gasteiger partial charge is 0.356 e. The molecular formula is C23H29N5O3S. The number of nitrogens with zero attached hydrogens (tertiary/aromatic N) is 3. The summed E-state index contributed by atoms with van der Waals surface area (Å²) in [6.45, 7) is 5.72. The summed E-state index contributed by atoms with van der Waals surface area (Å²) in [4.78, 5) is 38.1. The van der Waals surface area contributed by atoms with E-state index >= 15 is 0 Å². The van der Waals surface area contributed by atoms with Crippen molar-refractivity contribution >= 4 is 40.9 Å². The van der Waals surface area contributed by atoms with Crippen LogP contribution in [0.1, 0.15) is 43.5 Å². The molecule has 8 nitrogen and oxygen atoms in total. The minimum absolute atomic E-state index is 0.0312. The Morgan fingerprint density at radius 3 is 2.75 bits per heavy atom. The molecule has 0 aliphatic carbocycles. The van der Waals surface area contributed by atoms with E-state index in [-0.39, 0.29) is 29.3 Å². The van der Waals surface area contributed by atoms with E-state index in [2.05, 4.69) is 25.7 Å². The van der Waals surface area contributed by atoms with Crippen LogP contribution in [0, 0.1) is 5.92 Å². The summed E-state index contributed by atoms with van der Waals surface area (Å²) in [6, 6.07) is 10.6. The third-order valence-electron chi connectivity index (χ3n) is 5.20. The SMILES string of the molecule is CCCNC(=O)[C@H]1CCCN(c2ccc(SCC(=O)Nc3cccc(C(C)=O)c3)nn2)C1. The van der Waals surface area contributed by atoms with Crippen molar-refractivity contribution in [3.63, 3.8) is 0 Å². The van der Waals surface area contributed by atoms with Gasteiger partial charge in [0.1, 0.15) is 5.03 Å². The van der Waals surface area contributed by atoms with Crippen LogP contribution in [0.2, 0.25) is 0 Å². The van der Waals surface area contributed by atoms with Crippen molar-refractivity contribution in [2.24, 2.45) is 5.92 Å². The van der Waals surface area contributed by atoms with Gasteiger partial charge in [-0.2, -0.15) is 0 Å². The molecule has 2 N–H and O–H groups in total. The molecule has 3 rings (SSSR count). The molecule has 0 radical (unpaired) electrons. The third kappa shape index (κ3) is 6.78. The lowest BCUT2D eigenvalue weighted by Gasteiger charge is -2.32. The van der Waals surface area contributed by atoms with Gasteiger partial charge in [-0.3, -0.25) is 14.4 Å². The Hall–Kier alpha value is -2.94. The zero-order valence-corrected chi connectivity index (χ0v) is 19.3. The fraction of sp³-hybridized carbons (Fsp3) is 0.435. The summed E-state index contributed by atoms with van der Waals surface area (Å²) in [5, 5.41) is 15.0.